The summed E-state index contributed by atoms with van der Waals surface area (Å²) in [6.07, 6.45) is 5.21. The Labute approximate surface area is 97.8 Å². The normalized spacial score (nSPS) is 20.2. The van der Waals surface area contributed by atoms with Gasteiger partial charge in [-0.15, -0.1) is 0 Å². The lowest BCUT2D eigenvalue weighted by molar-refractivity contribution is 0.408. The Morgan fingerprint density at radius 1 is 1.00 bits per heavy atom. The highest BCUT2D eigenvalue weighted by molar-refractivity contribution is 5.71. The molecule has 16 heavy (non-hydrogen) atoms. The van der Waals surface area contributed by atoms with E-state index in [2.05, 4.69) is 36.1 Å². The van der Waals surface area contributed by atoms with Gasteiger partial charge in [0.25, 0.3) is 0 Å². The molecule has 0 amide bonds. The average Bonchev–Trinajstić information content (AvgIpc) is 2.83. The summed E-state index contributed by atoms with van der Waals surface area (Å²) in [6.45, 7) is 4.84. The Hall–Kier alpha value is -1.24. The fourth-order valence-corrected chi connectivity index (χ4v) is 3.08. The van der Waals surface area contributed by atoms with Crippen molar-refractivity contribution >= 4 is 5.57 Å². The van der Waals surface area contributed by atoms with E-state index in [4.69, 9.17) is 0 Å². The zero-order valence-electron chi connectivity index (χ0n) is 10.00. The van der Waals surface area contributed by atoms with Gasteiger partial charge in [-0.05, 0) is 49.3 Å². The van der Waals surface area contributed by atoms with Gasteiger partial charge in [0, 0.05) is 18.8 Å². The second-order valence-electron chi connectivity index (χ2n) is 4.92. The third kappa shape index (κ3) is 1.55. The molecule has 0 saturated carbocycles. The SMILES string of the molecule is CC1=C(N2CCCC2)CCc2ccccc21. The second kappa shape index (κ2) is 3.97. The molecule has 0 unspecified atom stereocenters. The van der Waals surface area contributed by atoms with Crippen LogP contribution in [-0.2, 0) is 6.42 Å². The smallest absolute Gasteiger partial charge is 0.0175 e. The van der Waals surface area contributed by atoms with Crippen molar-refractivity contribution in [1.29, 1.82) is 0 Å². The number of allylic oxidation sites excluding steroid dienone is 2. The summed E-state index contributed by atoms with van der Waals surface area (Å²) < 4.78 is 0. The summed E-state index contributed by atoms with van der Waals surface area (Å²) in [6, 6.07) is 8.88. The monoisotopic (exact) mass is 213 g/mol. The molecule has 1 aromatic rings. The van der Waals surface area contributed by atoms with Crippen molar-refractivity contribution in [2.24, 2.45) is 0 Å². The number of nitrogens with zero attached hydrogens (tertiary/aromatic N) is 1. The molecule has 1 aliphatic heterocycles. The van der Waals surface area contributed by atoms with Crippen LogP contribution in [0.15, 0.2) is 30.0 Å². The van der Waals surface area contributed by atoms with E-state index in [0.717, 1.165) is 0 Å². The van der Waals surface area contributed by atoms with Crippen molar-refractivity contribution in [2.75, 3.05) is 13.1 Å². The average molecular weight is 213 g/mol. The Morgan fingerprint density at radius 2 is 1.75 bits per heavy atom. The van der Waals surface area contributed by atoms with E-state index in [1.54, 1.807) is 5.70 Å². The molecule has 1 heterocycles. The minimum absolute atomic E-state index is 1.22. The molecule has 1 heteroatoms. The Bertz CT molecular complexity index is 425. The molecule has 1 saturated heterocycles. The number of hydrogen-bond donors (Lipinski definition) is 0. The largest absolute Gasteiger partial charge is 0.375 e. The van der Waals surface area contributed by atoms with Gasteiger partial charge >= 0.3 is 0 Å². The van der Waals surface area contributed by atoms with E-state index in [-0.39, 0.29) is 0 Å². The molecule has 0 aromatic heterocycles. The van der Waals surface area contributed by atoms with Gasteiger partial charge in [-0.25, -0.2) is 0 Å². The number of fused-ring (bicyclic) bond motifs is 1. The number of likely N-dealkylation sites (tertiary alicyclic amines) is 1. The van der Waals surface area contributed by atoms with E-state index < -0.39 is 0 Å². The number of rotatable bonds is 1. The predicted octanol–water partition coefficient (Wildman–Crippen LogP) is 3.46. The van der Waals surface area contributed by atoms with E-state index in [0.29, 0.717) is 0 Å². The maximum Gasteiger partial charge on any atom is 0.0175 e. The molecule has 84 valence electrons. The molecule has 3 rings (SSSR count). The lowest BCUT2D eigenvalue weighted by Crippen LogP contribution is -2.22. The van der Waals surface area contributed by atoms with Gasteiger partial charge in [-0.2, -0.15) is 0 Å². The molecule has 1 aliphatic carbocycles. The fraction of sp³-hybridized carbons (Fsp3) is 0.467. The summed E-state index contributed by atoms with van der Waals surface area (Å²) in [5.74, 6) is 0. The number of benzene rings is 1. The molecule has 0 bridgehead atoms. The van der Waals surface area contributed by atoms with Gasteiger partial charge in [0.2, 0.25) is 0 Å². The van der Waals surface area contributed by atoms with Crippen LogP contribution >= 0.6 is 0 Å². The van der Waals surface area contributed by atoms with Crippen molar-refractivity contribution in [3.63, 3.8) is 0 Å². The first-order valence-corrected chi connectivity index (χ1v) is 6.39. The molecule has 0 spiro atoms. The van der Waals surface area contributed by atoms with Crippen LogP contribution in [0.3, 0.4) is 0 Å². The van der Waals surface area contributed by atoms with Gasteiger partial charge < -0.3 is 4.90 Å². The molecule has 0 N–H and O–H groups in total. The Balaban J connectivity index is 2.01. The second-order valence-corrected chi connectivity index (χ2v) is 4.92. The molecule has 0 radical (unpaired) electrons. The van der Waals surface area contributed by atoms with Gasteiger partial charge in [0.1, 0.15) is 0 Å². The quantitative estimate of drug-likeness (QED) is 0.690. The van der Waals surface area contributed by atoms with Gasteiger partial charge in [0.15, 0.2) is 0 Å². The van der Waals surface area contributed by atoms with Crippen molar-refractivity contribution in [3.8, 4) is 0 Å². The van der Waals surface area contributed by atoms with Gasteiger partial charge in [0.05, 0.1) is 0 Å². The third-order valence-corrected chi connectivity index (χ3v) is 3.97. The summed E-state index contributed by atoms with van der Waals surface area (Å²) in [7, 11) is 0. The van der Waals surface area contributed by atoms with E-state index in [1.807, 2.05) is 0 Å². The van der Waals surface area contributed by atoms with Gasteiger partial charge in [-0.1, -0.05) is 24.3 Å². The molecular formula is C15H19N. The zero-order chi connectivity index (χ0) is 11.0. The Morgan fingerprint density at radius 3 is 2.56 bits per heavy atom. The molecular weight excluding hydrogens is 194 g/mol. The standard InChI is InChI=1S/C15H19N/c1-12-14-7-3-2-6-13(14)8-9-15(12)16-10-4-5-11-16/h2-3,6-7H,4-5,8-11H2,1H3. The van der Waals surface area contributed by atoms with E-state index in [1.165, 1.54) is 55.5 Å². The van der Waals surface area contributed by atoms with Crippen LogP contribution in [0.25, 0.3) is 5.57 Å². The van der Waals surface area contributed by atoms with E-state index >= 15 is 0 Å². The maximum absolute atomic E-state index is 2.60. The topological polar surface area (TPSA) is 3.24 Å². The van der Waals surface area contributed by atoms with Gasteiger partial charge in [-0.3, -0.25) is 0 Å². The van der Waals surface area contributed by atoms with Crippen LogP contribution in [0.4, 0.5) is 0 Å². The van der Waals surface area contributed by atoms with Crippen LogP contribution in [0.2, 0.25) is 0 Å². The van der Waals surface area contributed by atoms with Crippen molar-refractivity contribution < 1.29 is 0 Å². The highest BCUT2D eigenvalue weighted by atomic mass is 15.1. The first-order valence-electron chi connectivity index (χ1n) is 6.39. The van der Waals surface area contributed by atoms with Crippen LogP contribution in [0.5, 0.6) is 0 Å². The number of hydrogen-bond acceptors (Lipinski definition) is 1. The molecule has 2 aliphatic rings. The fourth-order valence-electron chi connectivity index (χ4n) is 3.08. The summed E-state index contributed by atoms with van der Waals surface area (Å²) in [5.41, 5.74) is 6.14. The summed E-state index contributed by atoms with van der Waals surface area (Å²) in [4.78, 5) is 2.60. The maximum atomic E-state index is 2.60. The predicted molar refractivity (Wildman–Crippen MR) is 68.2 cm³/mol. The summed E-state index contributed by atoms with van der Waals surface area (Å²) >= 11 is 0. The lowest BCUT2D eigenvalue weighted by Gasteiger charge is -2.29. The van der Waals surface area contributed by atoms with Crippen LogP contribution in [0.1, 0.15) is 37.3 Å². The molecule has 1 nitrogen and oxygen atoms in total. The molecule has 1 aromatic carbocycles. The highest BCUT2D eigenvalue weighted by Gasteiger charge is 2.21. The van der Waals surface area contributed by atoms with E-state index in [9.17, 15) is 0 Å². The van der Waals surface area contributed by atoms with Crippen LogP contribution < -0.4 is 0 Å². The Kier molecular flexibility index (Phi) is 2.47. The third-order valence-electron chi connectivity index (χ3n) is 3.97. The summed E-state index contributed by atoms with van der Waals surface area (Å²) in [5, 5.41) is 0. The van der Waals surface area contributed by atoms with Crippen molar-refractivity contribution in [2.45, 2.75) is 32.6 Å². The molecule has 1 fully saturated rings. The van der Waals surface area contributed by atoms with Crippen molar-refractivity contribution in [3.05, 3.63) is 41.1 Å². The number of aryl methyl sites for hydroxylation is 1. The minimum atomic E-state index is 1.22. The van der Waals surface area contributed by atoms with Crippen LogP contribution in [-0.4, -0.2) is 18.0 Å². The molecule has 0 atom stereocenters. The van der Waals surface area contributed by atoms with Crippen LogP contribution in [0, 0.1) is 0 Å². The first kappa shape index (κ1) is 9.95. The highest BCUT2D eigenvalue weighted by Crippen LogP contribution is 2.33. The lowest BCUT2D eigenvalue weighted by atomic mass is 9.89. The van der Waals surface area contributed by atoms with Crippen molar-refractivity contribution in [1.82, 2.24) is 4.90 Å². The minimum Gasteiger partial charge on any atom is -0.375 e. The first-order chi connectivity index (χ1) is 7.86. The zero-order valence-corrected chi connectivity index (χ0v) is 10.00.